The third kappa shape index (κ3) is 3.73. The highest BCUT2D eigenvalue weighted by molar-refractivity contribution is 5.29. The number of hydrogen-bond acceptors (Lipinski definition) is 2. The predicted molar refractivity (Wildman–Crippen MR) is 80.3 cm³/mol. The molecule has 2 nitrogen and oxygen atoms in total. The van der Waals surface area contributed by atoms with Crippen LogP contribution in [0.1, 0.15) is 57.6 Å². The van der Waals surface area contributed by atoms with E-state index in [1.165, 1.54) is 37.7 Å². The van der Waals surface area contributed by atoms with E-state index in [0.29, 0.717) is 12.5 Å². The van der Waals surface area contributed by atoms with Gasteiger partial charge < -0.3 is 10.5 Å². The Kier molecular flexibility index (Phi) is 5.26. The van der Waals surface area contributed by atoms with Crippen molar-refractivity contribution in [1.82, 2.24) is 0 Å². The maximum absolute atomic E-state index is 6.44. The monoisotopic (exact) mass is 261 g/mol. The van der Waals surface area contributed by atoms with E-state index >= 15 is 0 Å². The molecule has 1 atom stereocenters. The van der Waals surface area contributed by atoms with Crippen molar-refractivity contribution in [2.45, 2.75) is 52.0 Å². The van der Waals surface area contributed by atoms with Crippen LogP contribution in [-0.4, -0.2) is 6.61 Å². The normalized spacial score (nSPS) is 25.0. The smallest absolute Gasteiger partial charge is 0.119 e. The molecule has 2 rings (SSSR count). The highest BCUT2D eigenvalue weighted by atomic mass is 16.5. The Morgan fingerprint density at radius 3 is 2.26 bits per heavy atom. The van der Waals surface area contributed by atoms with Crippen LogP contribution in [0.15, 0.2) is 24.3 Å². The number of rotatable bonds is 5. The van der Waals surface area contributed by atoms with Crippen molar-refractivity contribution < 1.29 is 4.74 Å². The van der Waals surface area contributed by atoms with Crippen molar-refractivity contribution in [2.75, 3.05) is 6.61 Å². The van der Waals surface area contributed by atoms with Crippen LogP contribution in [0.5, 0.6) is 5.75 Å². The number of ether oxygens (including phenoxy) is 1. The van der Waals surface area contributed by atoms with Crippen LogP contribution < -0.4 is 10.5 Å². The van der Waals surface area contributed by atoms with Crippen molar-refractivity contribution in [3.05, 3.63) is 29.8 Å². The topological polar surface area (TPSA) is 35.2 Å². The summed E-state index contributed by atoms with van der Waals surface area (Å²) in [6.07, 6.45) is 6.60. The second kappa shape index (κ2) is 6.95. The summed E-state index contributed by atoms with van der Waals surface area (Å²) >= 11 is 0. The lowest BCUT2D eigenvalue weighted by molar-refractivity contribution is 0.240. The first kappa shape index (κ1) is 14.4. The molecular weight excluding hydrogens is 234 g/mol. The van der Waals surface area contributed by atoms with E-state index in [0.717, 1.165) is 11.7 Å². The lowest BCUT2D eigenvalue weighted by atomic mass is 9.76. The number of hydrogen-bond donors (Lipinski definition) is 1. The minimum atomic E-state index is 0.188. The van der Waals surface area contributed by atoms with Crippen LogP contribution in [0.2, 0.25) is 0 Å². The maximum Gasteiger partial charge on any atom is 0.119 e. The van der Waals surface area contributed by atoms with Gasteiger partial charge in [0.15, 0.2) is 0 Å². The second-order valence-electron chi connectivity index (χ2n) is 5.72. The quantitative estimate of drug-likeness (QED) is 0.857. The van der Waals surface area contributed by atoms with Gasteiger partial charge in [-0.2, -0.15) is 0 Å². The molecule has 0 heterocycles. The molecule has 1 aromatic carbocycles. The lowest BCUT2D eigenvalue weighted by Gasteiger charge is -2.32. The second-order valence-corrected chi connectivity index (χ2v) is 5.72. The Labute approximate surface area is 117 Å². The summed E-state index contributed by atoms with van der Waals surface area (Å²) in [7, 11) is 0. The molecule has 1 fully saturated rings. The minimum absolute atomic E-state index is 0.188. The van der Waals surface area contributed by atoms with Crippen LogP contribution in [-0.2, 0) is 0 Å². The molecule has 0 aromatic heterocycles. The van der Waals surface area contributed by atoms with E-state index in [4.69, 9.17) is 10.5 Å². The van der Waals surface area contributed by atoms with Gasteiger partial charge in [-0.3, -0.25) is 0 Å². The summed E-state index contributed by atoms with van der Waals surface area (Å²) in [6.45, 7) is 5.02. The van der Waals surface area contributed by atoms with Crippen molar-refractivity contribution in [3.8, 4) is 5.75 Å². The molecule has 1 aliphatic carbocycles. The van der Waals surface area contributed by atoms with Gasteiger partial charge in [0, 0.05) is 6.04 Å². The first-order chi connectivity index (χ1) is 9.24. The van der Waals surface area contributed by atoms with Gasteiger partial charge in [-0.1, -0.05) is 38.3 Å². The van der Waals surface area contributed by atoms with Crippen molar-refractivity contribution in [2.24, 2.45) is 17.6 Å². The van der Waals surface area contributed by atoms with Gasteiger partial charge in [-0.15, -0.1) is 0 Å². The molecule has 1 saturated carbocycles. The Hall–Kier alpha value is -1.02. The van der Waals surface area contributed by atoms with Gasteiger partial charge in [0.2, 0.25) is 0 Å². The Balaban J connectivity index is 1.94. The van der Waals surface area contributed by atoms with Gasteiger partial charge in [0.1, 0.15) is 5.75 Å². The summed E-state index contributed by atoms with van der Waals surface area (Å²) in [5, 5.41) is 0. The van der Waals surface area contributed by atoms with Gasteiger partial charge in [-0.25, -0.2) is 0 Å². The van der Waals surface area contributed by atoms with Gasteiger partial charge in [0.25, 0.3) is 0 Å². The fourth-order valence-corrected chi connectivity index (χ4v) is 3.18. The fraction of sp³-hybridized carbons (Fsp3) is 0.647. The average Bonchev–Trinajstić information content (AvgIpc) is 2.48. The molecule has 19 heavy (non-hydrogen) atoms. The van der Waals surface area contributed by atoms with E-state index in [1.54, 1.807) is 0 Å². The number of benzene rings is 1. The molecule has 106 valence electrons. The van der Waals surface area contributed by atoms with Crippen molar-refractivity contribution in [3.63, 3.8) is 0 Å². The first-order valence-electron chi connectivity index (χ1n) is 7.72. The molecular formula is C17H27NO. The molecule has 0 aliphatic heterocycles. The Morgan fingerprint density at radius 2 is 1.74 bits per heavy atom. The zero-order valence-corrected chi connectivity index (χ0v) is 12.3. The Morgan fingerprint density at radius 1 is 1.11 bits per heavy atom. The van der Waals surface area contributed by atoms with Crippen LogP contribution >= 0.6 is 0 Å². The molecule has 0 saturated heterocycles. The average molecular weight is 261 g/mol. The molecule has 0 bridgehead atoms. The van der Waals surface area contributed by atoms with Crippen LogP contribution in [0.3, 0.4) is 0 Å². The van der Waals surface area contributed by atoms with Gasteiger partial charge in [0.05, 0.1) is 6.61 Å². The summed E-state index contributed by atoms with van der Waals surface area (Å²) in [6, 6.07) is 8.52. The standard InChI is InChI=1S/C17H27NO/c1-3-13-5-7-14(8-6-13)17(18)15-9-11-16(12-10-15)19-4-2/h9-14,17H,3-8,18H2,1-2H3. The molecule has 0 radical (unpaired) electrons. The predicted octanol–water partition coefficient (Wildman–Crippen LogP) is 4.30. The van der Waals surface area contributed by atoms with E-state index in [9.17, 15) is 0 Å². The molecule has 0 spiro atoms. The highest BCUT2D eigenvalue weighted by Gasteiger charge is 2.25. The third-order valence-corrected chi connectivity index (χ3v) is 4.55. The molecule has 1 unspecified atom stereocenters. The van der Waals surface area contributed by atoms with E-state index < -0.39 is 0 Å². The molecule has 2 heteroatoms. The third-order valence-electron chi connectivity index (χ3n) is 4.55. The molecule has 1 aliphatic rings. The lowest BCUT2D eigenvalue weighted by Crippen LogP contribution is -2.25. The van der Waals surface area contributed by atoms with E-state index in [-0.39, 0.29) is 6.04 Å². The van der Waals surface area contributed by atoms with E-state index in [2.05, 4.69) is 19.1 Å². The summed E-state index contributed by atoms with van der Waals surface area (Å²) in [5.41, 5.74) is 7.69. The van der Waals surface area contributed by atoms with Crippen molar-refractivity contribution in [1.29, 1.82) is 0 Å². The summed E-state index contributed by atoms with van der Waals surface area (Å²) < 4.78 is 5.47. The number of nitrogens with two attached hydrogens (primary N) is 1. The highest BCUT2D eigenvalue weighted by Crippen LogP contribution is 2.37. The summed E-state index contributed by atoms with van der Waals surface area (Å²) in [4.78, 5) is 0. The maximum atomic E-state index is 6.44. The Bertz CT molecular complexity index is 365. The van der Waals surface area contributed by atoms with Crippen LogP contribution in [0, 0.1) is 11.8 Å². The fourth-order valence-electron chi connectivity index (χ4n) is 3.18. The summed E-state index contributed by atoms with van der Waals surface area (Å²) in [5.74, 6) is 2.53. The van der Waals surface area contributed by atoms with Crippen LogP contribution in [0.4, 0.5) is 0 Å². The van der Waals surface area contributed by atoms with Crippen molar-refractivity contribution >= 4 is 0 Å². The molecule has 2 N–H and O–H groups in total. The molecule has 1 aromatic rings. The zero-order valence-electron chi connectivity index (χ0n) is 12.3. The van der Waals surface area contributed by atoms with Gasteiger partial charge in [-0.05, 0) is 49.3 Å². The van der Waals surface area contributed by atoms with Gasteiger partial charge >= 0.3 is 0 Å². The largest absolute Gasteiger partial charge is 0.494 e. The molecule has 0 amide bonds. The van der Waals surface area contributed by atoms with E-state index in [1.807, 2.05) is 19.1 Å². The minimum Gasteiger partial charge on any atom is -0.494 e. The van der Waals surface area contributed by atoms with Crippen LogP contribution in [0.25, 0.3) is 0 Å². The zero-order chi connectivity index (χ0) is 13.7. The first-order valence-corrected chi connectivity index (χ1v) is 7.72. The SMILES string of the molecule is CCOc1ccc(C(N)C2CCC(CC)CC2)cc1.